The van der Waals surface area contributed by atoms with E-state index in [9.17, 15) is 13.2 Å². The third-order valence-electron chi connectivity index (χ3n) is 5.24. The quantitative estimate of drug-likeness (QED) is 0.773. The lowest BCUT2D eigenvalue weighted by Crippen LogP contribution is -2.34. The van der Waals surface area contributed by atoms with Gasteiger partial charge in [0.05, 0.1) is 4.90 Å². The number of hydrogen-bond acceptors (Lipinski definition) is 3. The van der Waals surface area contributed by atoms with Crippen molar-refractivity contribution in [3.63, 3.8) is 0 Å². The van der Waals surface area contributed by atoms with E-state index in [1.807, 2.05) is 32.0 Å². The van der Waals surface area contributed by atoms with Gasteiger partial charge in [-0.05, 0) is 62.8 Å². The van der Waals surface area contributed by atoms with Gasteiger partial charge >= 0.3 is 0 Å². The molecule has 0 spiro atoms. The molecule has 1 aliphatic rings. The molecule has 3 rings (SSSR count). The Morgan fingerprint density at radius 1 is 1.11 bits per heavy atom. The van der Waals surface area contributed by atoms with Crippen LogP contribution in [0.25, 0.3) is 0 Å². The van der Waals surface area contributed by atoms with Gasteiger partial charge in [0.1, 0.15) is 0 Å². The molecule has 5 nitrogen and oxygen atoms in total. The molecule has 6 heteroatoms. The van der Waals surface area contributed by atoms with Crippen molar-refractivity contribution in [3.8, 4) is 0 Å². The Morgan fingerprint density at radius 2 is 1.79 bits per heavy atom. The second-order valence-corrected chi connectivity index (χ2v) is 9.42. The number of hydrogen-bond donors (Lipinski definition) is 1. The molecule has 0 radical (unpaired) electrons. The molecule has 1 N–H and O–H groups in total. The van der Waals surface area contributed by atoms with E-state index in [-0.39, 0.29) is 16.8 Å². The fourth-order valence-corrected chi connectivity index (χ4v) is 5.03. The third kappa shape index (κ3) is 4.80. The van der Waals surface area contributed by atoms with E-state index in [4.69, 9.17) is 0 Å². The molecule has 0 saturated carbocycles. The zero-order valence-corrected chi connectivity index (χ0v) is 17.3. The highest BCUT2D eigenvalue weighted by Gasteiger charge is 2.28. The lowest BCUT2D eigenvalue weighted by atomic mass is 10.0. The molecule has 150 valence electrons. The van der Waals surface area contributed by atoms with E-state index in [0.29, 0.717) is 18.7 Å². The van der Waals surface area contributed by atoms with Gasteiger partial charge in [0.15, 0.2) is 0 Å². The number of aryl methyl sites for hydroxylation is 2. The fraction of sp³-hybridized carbons (Fsp3) is 0.409. The second kappa shape index (κ2) is 8.88. The van der Waals surface area contributed by atoms with E-state index in [1.54, 1.807) is 12.1 Å². The standard InChI is InChI=1S/C22H28N2O3S/c1-17-10-13-20(28(26,27)24-14-6-7-15-24)16-21(17)22(25)23-18(2)11-12-19-8-4-3-5-9-19/h3-5,8-10,13,16,18H,6-7,11-12,14-15H2,1-2H3,(H,23,25). The maximum Gasteiger partial charge on any atom is 0.251 e. The first-order valence-electron chi connectivity index (χ1n) is 9.83. The number of benzene rings is 2. The van der Waals surface area contributed by atoms with Crippen molar-refractivity contribution in [2.45, 2.75) is 50.5 Å². The Kier molecular flexibility index (Phi) is 6.52. The summed E-state index contributed by atoms with van der Waals surface area (Å²) in [5, 5.41) is 3.01. The summed E-state index contributed by atoms with van der Waals surface area (Å²) < 4.78 is 27.1. The largest absolute Gasteiger partial charge is 0.350 e. The van der Waals surface area contributed by atoms with Crippen LogP contribution in [0, 0.1) is 6.92 Å². The van der Waals surface area contributed by atoms with Crippen molar-refractivity contribution < 1.29 is 13.2 Å². The molecule has 1 heterocycles. The normalized spacial score (nSPS) is 16.1. The first-order valence-corrected chi connectivity index (χ1v) is 11.3. The molecular formula is C22H28N2O3S. The van der Waals surface area contributed by atoms with Crippen LogP contribution in [0.5, 0.6) is 0 Å². The van der Waals surface area contributed by atoms with E-state index >= 15 is 0 Å². The minimum atomic E-state index is -3.53. The van der Waals surface area contributed by atoms with Crippen molar-refractivity contribution in [2.75, 3.05) is 13.1 Å². The van der Waals surface area contributed by atoms with Crippen molar-refractivity contribution in [1.29, 1.82) is 0 Å². The molecule has 1 saturated heterocycles. The fourth-order valence-electron chi connectivity index (χ4n) is 3.49. The molecule has 1 atom stereocenters. The first-order chi connectivity index (χ1) is 13.4. The van der Waals surface area contributed by atoms with E-state index in [1.165, 1.54) is 15.9 Å². The summed E-state index contributed by atoms with van der Waals surface area (Å²) in [4.78, 5) is 13.0. The van der Waals surface area contributed by atoms with Crippen molar-refractivity contribution in [1.82, 2.24) is 9.62 Å². The molecule has 0 aromatic heterocycles. The van der Waals surface area contributed by atoms with Crippen LogP contribution in [-0.2, 0) is 16.4 Å². The highest BCUT2D eigenvalue weighted by molar-refractivity contribution is 7.89. The monoisotopic (exact) mass is 400 g/mol. The average molecular weight is 401 g/mol. The van der Waals surface area contributed by atoms with E-state index < -0.39 is 10.0 Å². The Labute approximate surface area is 167 Å². The lowest BCUT2D eigenvalue weighted by Gasteiger charge is -2.18. The van der Waals surface area contributed by atoms with Crippen LogP contribution in [0.2, 0.25) is 0 Å². The summed E-state index contributed by atoms with van der Waals surface area (Å²) in [6.45, 7) is 4.90. The minimum Gasteiger partial charge on any atom is -0.350 e. The summed E-state index contributed by atoms with van der Waals surface area (Å²) in [5.41, 5.74) is 2.43. The Balaban J connectivity index is 1.69. The van der Waals surface area contributed by atoms with Gasteiger partial charge in [-0.2, -0.15) is 4.31 Å². The summed E-state index contributed by atoms with van der Waals surface area (Å²) in [6.07, 6.45) is 3.47. The van der Waals surface area contributed by atoms with E-state index in [2.05, 4.69) is 17.4 Å². The Bertz CT molecular complexity index is 920. The summed E-state index contributed by atoms with van der Waals surface area (Å²) in [5.74, 6) is -0.225. The molecule has 0 aliphatic carbocycles. The summed E-state index contributed by atoms with van der Waals surface area (Å²) >= 11 is 0. The number of carbonyl (C=O) groups is 1. The van der Waals surface area contributed by atoms with Gasteiger partial charge in [-0.25, -0.2) is 8.42 Å². The van der Waals surface area contributed by atoms with E-state index in [0.717, 1.165) is 31.2 Å². The zero-order chi connectivity index (χ0) is 20.1. The number of rotatable bonds is 7. The predicted molar refractivity (Wildman–Crippen MR) is 111 cm³/mol. The van der Waals surface area contributed by atoms with Crippen LogP contribution in [0.15, 0.2) is 53.4 Å². The molecule has 2 aromatic rings. The highest BCUT2D eigenvalue weighted by Crippen LogP contribution is 2.23. The number of nitrogens with one attached hydrogen (secondary N) is 1. The molecule has 1 fully saturated rings. The van der Waals surface area contributed by atoms with Crippen LogP contribution in [0.3, 0.4) is 0 Å². The van der Waals surface area contributed by atoms with Crippen molar-refractivity contribution in [2.24, 2.45) is 0 Å². The van der Waals surface area contributed by atoms with Crippen LogP contribution >= 0.6 is 0 Å². The van der Waals surface area contributed by atoms with Crippen LogP contribution < -0.4 is 5.32 Å². The average Bonchev–Trinajstić information content (AvgIpc) is 3.23. The van der Waals surface area contributed by atoms with Crippen molar-refractivity contribution >= 4 is 15.9 Å². The Hall–Kier alpha value is -2.18. The third-order valence-corrected chi connectivity index (χ3v) is 7.14. The smallest absolute Gasteiger partial charge is 0.251 e. The van der Waals surface area contributed by atoms with Crippen LogP contribution in [-0.4, -0.2) is 37.8 Å². The predicted octanol–water partition coefficient (Wildman–Crippen LogP) is 3.53. The van der Waals surface area contributed by atoms with Crippen LogP contribution in [0.1, 0.15) is 47.7 Å². The zero-order valence-electron chi connectivity index (χ0n) is 16.5. The Morgan fingerprint density at radius 3 is 2.46 bits per heavy atom. The second-order valence-electron chi connectivity index (χ2n) is 7.49. The maximum absolute atomic E-state index is 12.8. The maximum atomic E-state index is 12.8. The summed E-state index contributed by atoms with van der Waals surface area (Å²) in [7, 11) is -3.53. The molecule has 2 aromatic carbocycles. The van der Waals surface area contributed by atoms with Crippen LogP contribution in [0.4, 0.5) is 0 Å². The molecule has 1 amide bonds. The van der Waals surface area contributed by atoms with Gasteiger partial charge in [-0.3, -0.25) is 4.79 Å². The molecule has 28 heavy (non-hydrogen) atoms. The number of amides is 1. The first kappa shape index (κ1) is 20.6. The molecule has 1 unspecified atom stereocenters. The molecule has 0 bridgehead atoms. The van der Waals surface area contributed by atoms with Crippen molar-refractivity contribution in [3.05, 3.63) is 65.2 Å². The molecular weight excluding hydrogens is 372 g/mol. The van der Waals surface area contributed by atoms with Gasteiger partial charge in [-0.15, -0.1) is 0 Å². The summed E-state index contributed by atoms with van der Waals surface area (Å²) in [6, 6.07) is 15.0. The van der Waals surface area contributed by atoms with Gasteiger partial charge in [-0.1, -0.05) is 36.4 Å². The minimum absolute atomic E-state index is 0.00838. The van der Waals surface area contributed by atoms with Gasteiger partial charge in [0.25, 0.3) is 5.91 Å². The number of nitrogens with zero attached hydrogens (tertiary/aromatic N) is 1. The number of sulfonamides is 1. The molecule has 1 aliphatic heterocycles. The SMILES string of the molecule is Cc1ccc(S(=O)(=O)N2CCCC2)cc1C(=O)NC(C)CCc1ccccc1. The topological polar surface area (TPSA) is 66.5 Å². The van der Waals surface area contributed by atoms with Gasteiger partial charge < -0.3 is 5.32 Å². The number of carbonyl (C=O) groups excluding carboxylic acids is 1. The van der Waals surface area contributed by atoms with Gasteiger partial charge in [0, 0.05) is 24.7 Å². The lowest BCUT2D eigenvalue weighted by molar-refractivity contribution is 0.0937. The highest BCUT2D eigenvalue weighted by atomic mass is 32.2. The van der Waals surface area contributed by atoms with Gasteiger partial charge in [0.2, 0.25) is 10.0 Å².